The Hall–Kier alpha value is -1.74. The van der Waals surface area contributed by atoms with Crippen molar-refractivity contribution in [3.05, 3.63) is 65.2 Å². The zero-order valence-corrected chi connectivity index (χ0v) is 13.5. The molecule has 1 N–H and O–H groups in total. The van der Waals surface area contributed by atoms with Crippen LogP contribution in [0.25, 0.3) is 0 Å². The number of aryl methyl sites for hydroxylation is 2. The van der Waals surface area contributed by atoms with Crippen molar-refractivity contribution in [1.82, 2.24) is 5.32 Å². The van der Waals surface area contributed by atoms with E-state index < -0.39 is 0 Å². The van der Waals surface area contributed by atoms with Crippen LogP contribution < -0.4 is 5.32 Å². The predicted molar refractivity (Wildman–Crippen MR) is 89.6 cm³/mol. The Kier molecular flexibility index (Phi) is 5.45. The van der Waals surface area contributed by atoms with Crippen molar-refractivity contribution in [3.8, 4) is 0 Å². The van der Waals surface area contributed by atoms with Crippen molar-refractivity contribution in [2.45, 2.75) is 31.7 Å². The molecule has 0 aliphatic rings. The minimum Gasteiger partial charge on any atom is -0.349 e. The molecule has 21 heavy (non-hydrogen) atoms. The Balaban J connectivity index is 1.91. The molecule has 0 heterocycles. The van der Waals surface area contributed by atoms with Crippen LogP contribution >= 0.6 is 11.8 Å². The number of rotatable bonds is 5. The fourth-order valence-corrected chi connectivity index (χ4v) is 2.98. The number of nitrogens with one attached hydrogen (secondary N) is 1. The van der Waals surface area contributed by atoms with E-state index in [0.29, 0.717) is 5.75 Å². The molecule has 0 saturated heterocycles. The Bertz CT molecular complexity index is 610. The second-order valence-electron chi connectivity index (χ2n) is 5.25. The second kappa shape index (κ2) is 7.32. The molecule has 2 nitrogen and oxygen atoms in total. The Labute approximate surface area is 131 Å². The maximum atomic E-state index is 12.1. The Morgan fingerprint density at radius 1 is 1.14 bits per heavy atom. The molecule has 0 spiro atoms. The summed E-state index contributed by atoms with van der Waals surface area (Å²) >= 11 is 1.56. The van der Waals surface area contributed by atoms with E-state index >= 15 is 0 Å². The third-order valence-corrected chi connectivity index (χ3v) is 4.40. The van der Waals surface area contributed by atoms with E-state index in [-0.39, 0.29) is 11.9 Å². The Morgan fingerprint density at radius 2 is 1.86 bits per heavy atom. The summed E-state index contributed by atoms with van der Waals surface area (Å²) in [6.45, 7) is 6.19. The number of benzene rings is 2. The van der Waals surface area contributed by atoms with Gasteiger partial charge in [0.1, 0.15) is 0 Å². The van der Waals surface area contributed by atoms with Crippen LogP contribution in [0.15, 0.2) is 53.4 Å². The molecule has 2 rings (SSSR count). The van der Waals surface area contributed by atoms with Crippen molar-refractivity contribution in [1.29, 1.82) is 0 Å². The van der Waals surface area contributed by atoms with Gasteiger partial charge in [-0.15, -0.1) is 11.8 Å². The van der Waals surface area contributed by atoms with Gasteiger partial charge in [0.15, 0.2) is 0 Å². The zero-order chi connectivity index (χ0) is 15.2. The van der Waals surface area contributed by atoms with Crippen LogP contribution in [-0.2, 0) is 4.79 Å². The van der Waals surface area contributed by atoms with Crippen LogP contribution in [0.4, 0.5) is 0 Å². The van der Waals surface area contributed by atoms with Crippen molar-refractivity contribution in [2.24, 2.45) is 0 Å². The van der Waals surface area contributed by atoms with Gasteiger partial charge in [0.05, 0.1) is 11.8 Å². The number of thioether (sulfide) groups is 1. The highest BCUT2D eigenvalue weighted by molar-refractivity contribution is 8.00. The van der Waals surface area contributed by atoms with Gasteiger partial charge in [-0.25, -0.2) is 0 Å². The SMILES string of the molecule is Cc1ccc(C)c(C(C)NC(=O)CSc2ccccc2)c1. The summed E-state index contributed by atoms with van der Waals surface area (Å²) in [5.41, 5.74) is 3.62. The third-order valence-electron chi connectivity index (χ3n) is 3.39. The molecule has 0 aromatic heterocycles. The quantitative estimate of drug-likeness (QED) is 0.835. The van der Waals surface area contributed by atoms with Gasteiger partial charge in [-0.05, 0) is 44.0 Å². The molecule has 1 unspecified atom stereocenters. The van der Waals surface area contributed by atoms with E-state index in [2.05, 4.69) is 37.4 Å². The van der Waals surface area contributed by atoms with Crippen molar-refractivity contribution >= 4 is 17.7 Å². The predicted octanol–water partition coefficient (Wildman–Crippen LogP) is 4.27. The van der Waals surface area contributed by atoms with Gasteiger partial charge < -0.3 is 5.32 Å². The molecule has 1 amide bonds. The highest BCUT2D eigenvalue weighted by Gasteiger charge is 2.12. The van der Waals surface area contributed by atoms with Crippen LogP contribution in [0.3, 0.4) is 0 Å². The van der Waals surface area contributed by atoms with Crippen LogP contribution in [0.2, 0.25) is 0 Å². The van der Waals surface area contributed by atoms with Crippen LogP contribution in [0, 0.1) is 13.8 Å². The minimum atomic E-state index is 0.0359. The van der Waals surface area contributed by atoms with Gasteiger partial charge in [-0.1, -0.05) is 42.0 Å². The number of carbonyl (C=O) groups excluding carboxylic acids is 1. The average molecular weight is 299 g/mol. The van der Waals surface area contributed by atoms with E-state index in [1.807, 2.05) is 37.3 Å². The highest BCUT2D eigenvalue weighted by Crippen LogP contribution is 2.20. The van der Waals surface area contributed by atoms with E-state index in [4.69, 9.17) is 0 Å². The molecular weight excluding hydrogens is 278 g/mol. The fourth-order valence-electron chi connectivity index (χ4n) is 2.25. The fraction of sp³-hybridized carbons (Fsp3) is 0.278. The monoisotopic (exact) mass is 299 g/mol. The number of carbonyl (C=O) groups is 1. The molecule has 0 saturated carbocycles. The van der Waals surface area contributed by atoms with Gasteiger partial charge in [-0.3, -0.25) is 4.79 Å². The lowest BCUT2D eigenvalue weighted by atomic mass is 10.00. The molecule has 0 aliphatic heterocycles. The van der Waals surface area contributed by atoms with Crippen molar-refractivity contribution in [2.75, 3.05) is 5.75 Å². The van der Waals surface area contributed by atoms with Crippen LogP contribution in [0.1, 0.15) is 29.7 Å². The summed E-state index contributed by atoms with van der Waals surface area (Å²) in [5, 5.41) is 3.07. The molecule has 0 bridgehead atoms. The molecule has 0 aliphatic carbocycles. The normalized spacial score (nSPS) is 12.0. The summed E-state index contributed by atoms with van der Waals surface area (Å²) in [6, 6.07) is 16.4. The van der Waals surface area contributed by atoms with Crippen LogP contribution in [0.5, 0.6) is 0 Å². The van der Waals surface area contributed by atoms with Crippen LogP contribution in [-0.4, -0.2) is 11.7 Å². The van der Waals surface area contributed by atoms with Gasteiger partial charge in [0.25, 0.3) is 0 Å². The van der Waals surface area contributed by atoms with Crippen molar-refractivity contribution < 1.29 is 4.79 Å². The van der Waals surface area contributed by atoms with E-state index in [1.165, 1.54) is 16.7 Å². The summed E-state index contributed by atoms with van der Waals surface area (Å²) in [7, 11) is 0. The first-order chi connectivity index (χ1) is 10.1. The first-order valence-corrected chi connectivity index (χ1v) is 8.09. The number of hydrogen-bond acceptors (Lipinski definition) is 2. The lowest BCUT2D eigenvalue weighted by molar-refractivity contribution is -0.119. The lowest BCUT2D eigenvalue weighted by Crippen LogP contribution is -2.28. The summed E-state index contributed by atoms with van der Waals surface area (Å²) in [5.74, 6) is 0.511. The van der Waals surface area contributed by atoms with Gasteiger partial charge in [0.2, 0.25) is 5.91 Å². The molecular formula is C18H21NOS. The first kappa shape index (κ1) is 15.6. The lowest BCUT2D eigenvalue weighted by Gasteiger charge is -2.17. The van der Waals surface area contributed by atoms with Crippen molar-refractivity contribution in [3.63, 3.8) is 0 Å². The van der Waals surface area contributed by atoms with E-state index in [1.54, 1.807) is 11.8 Å². The molecule has 1 atom stereocenters. The molecule has 3 heteroatoms. The molecule has 110 valence electrons. The number of hydrogen-bond donors (Lipinski definition) is 1. The average Bonchev–Trinajstić information content (AvgIpc) is 2.48. The van der Waals surface area contributed by atoms with E-state index in [0.717, 1.165) is 4.90 Å². The first-order valence-electron chi connectivity index (χ1n) is 7.10. The Morgan fingerprint density at radius 3 is 2.57 bits per heavy atom. The molecule has 2 aromatic rings. The summed E-state index contributed by atoms with van der Waals surface area (Å²) in [4.78, 5) is 13.2. The number of amides is 1. The third kappa shape index (κ3) is 4.64. The van der Waals surface area contributed by atoms with Gasteiger partial charge in [-0.2, -0.15) is 0 Å². The standard InChI is InChI=1S/C18H21NOS/c1-13-9-10-14(2)17(11-13)15(3)19-18(20)12-21-16-7-5-4-6-8-16/h4-11,15H,12H2,1-3H3,(H,19,20). The summed E-state index contributed by atoms with van der Waals surface area (Å²) < 4.78 is 0. The molecule has 0 fully saturated rings. The maximum Gasteiger partial charge on any atom is 0.230 e. The smallest absolute Gasteiger partial charge is 0.230 e. The topological polar surface area (TPSA) is 29.1 Å². The molecule has 2 aromatic carbocycles. The molecule has 0 radical (unpaired) electrons. The largest absolute Gasteiger partial charge is 0.349 e. The zero-order valence-electron chi connectivity index (χ0n) is 12.7. The minimum absolute atomic E-state index is 0.0359. The highest BCUT2D eigenvalue weighted by atomic mass is 32.2. The summed E-state index contributed by atoms with van der Waals surface area (Å²) in [6.07, 6.45) is 0. The second-order valence-corrected chi connectivity index (χ2v) is 6.30. The van der Waals surface area contributed by atoms with Gasteiger partial charge in [0, 0.05) is 4.90 Å². The maximum absolute atomic E-state index is 12.1. The van der Waals surface area contributed by atoms with Gasteiger partial charge >= 0.3 is 0 Å². The van der Waals surface area contributed by atoms with E-state index in [9.17, 15) is 4.79 Å².